The summed E-state index contributed by atoms with van der Waals surface area (Å²) in [6.07, 6.45) is 8.80. The normalized spacial score (nSPS) is 16.1. The molecule has 0 radical (unpaired) electrons. The van der Waals surface area contributed by atoms with Crippen LogP contribution in [0, 0.1) is 18.6 Å². The van der Waals surface area contributed by atoms with Gasteiger partial charge in [0.15, 0.2) is 0 Å². The van der Waals surface area contributed by atoms with Crippen LogP contribution >= 0.6 is 0 Å². The monoisotopic (exact) mass is 364 g/mol. The Morgan fingerprint density at radius 2 is 1.96 bits per heavy atom. The van der Waals surface area contributed by atoms with E-state index in [0.717, 1.165) is 53.7 Å². The fourth-order valence-corrected chi connectivity index (χ4v) is 3.75. The van der Waals surface area contributed by atoms with E-state index < -0.39 is 11.6 Å². The molecule has 0 aliphatic carbocycles. The van der Waals surface area contributed by atoms with E-state index in [1.165, 1.54) is 0 Å². The van der Waals surface area contributed by atoms with Gasteiger partial charge < -0.3 is 4.90 Å². The molecule has 4 heteroatoms. The molecular formula is C23H22F2N2. The summed E-state index contributed by atoms with van der Waals surface area (Å²) in [4.78, 5) is 6.95. The van der Waals surface area contributed by atoms with Crippen LogP contribution in [0.1, 0.15) is 36.5 Å². The Kier molecular flexibility index (Phi) is 4.65. The quantitative estimate of drug-likeness (QED) is 0.676. The van der Waals surface area contributed by atoms with Crippen LogP contribution in [0.15, 0.2) is 59.5 Å². The fourth-order valence-electron chi connectivity index (χ4n) is 3.75. The van der Waals surface area contributed by atoms with E-state index in [-0.39, 0.29) is 0 Å². The van der Waals surface area contributed by atoms with Gasteiger partial charge in [-0.05, 0) is 61.1 Å². The molecular weight excluding hydrogens is 342 g/mol. The molecule has 0 atom stereocenters. The second-order valence-electron chi connectivity index (χ2n) is 6.99. The molecule has 0 amide bonds. The van der Waals surface area contributed by atoms with Gasteiger partial charge in [-0.2, -0.15) is 0 Å². The van der Waals surface area contributed by atoms with Crippen molar-refractivity contribution in [2.24, 2.45) is 4.99 Å². The average Bonchev–Trinajstić information content (AvgIpc) is 2.68. The molecule has 138 valence electrons. The van der Waals surface area contributed by atoms with E-state index in [4.69, 9.17) is 4.99 Å². The van der Waals surface area contributed by atoms with Crippen molar-refractivity contribution in [1.82, 2.24) is 4.90 Å². The molecule has 2 aliphatic rings. The summed E-state index contributed by atoms with van der Waals surface area (Å²) in [5.74, 6) is -0.0917. The average molecular weight is 364 g/mol. The van der Waals surface area contributed by atoms with Crippen molar-refractivity contribution in [2.45, 2.75) is 33.1 Å². The minimum absolute atomic E-state index is 0.428. The highest BCUT2D eigenvalue weighted by Crippen LogP contribution is 2.33. The van der Waals surface area contributed by atoms with Crippen LogP contribution in [0.25, 0.3) is 11.1 Å². The first kappa shape index (κ1) is 17.7. The summed E-state index contributed by atoms with van der Waals surface area (Å²) in [6, 6.07) is 8.49. The molecule has 27 heavy (non-hydrogen) atoms. The molecule has 2 aliphatic heterocycles. The first-order valence-electron chi connectivity index (χ1n) is 9.40. The van der Waals surface area contributed by atoms with Crippen molar-refractivity contribution in [1.29, 1.82) is 0 Å². The third-order valence-electron chi connectivity index (χ3n) is 5.21. The fraction of sp³-hybridized carbons (Fsp3) is 0.261. The highest BCUT2D eigenvalue weighted by atomic mass is 19.1. The third kappa shape index (κ3) is 3.20. The minimum atomic E-state index is -0.542. The first-order valence-corrected chi connectivity index (χ1v) is 9.40. The Morgan fingerprint density at radius 1 is 1.11 bits per heavy atom. The Morgan fingerprint density at radius 3 is 2.78 bits per heavy atom. The van der Waals surface area contributed by atoms with E-state index in [0.29, 0.717) is 17.5 Å². The number of nitrogens with zero attached hydrogens (tertiary/aromatic N) is 2. The molecule has 0 aromatic heterocycles. The SMILES string of the molecule is CCc1cc(-c2c(C)cccc2C2=NC3=CCCCN3C=C2)c(F)cc1F. The van der Waals surface area contributed by atoms with E-state index in [1.807, 2.05) is 44.3 Å². The van der Waals surface area contributed by atoms with E-state index >= 15 is 0 Å². The van der Waals surface area contributed by atoms with Crippen LogP contribution in [-0.2, 0) is 6.42 Å². The predicted octanol–water partition coefficient (Wildman–Crippen LogP) is 5.76. The summed E-state index contributed by atoms with van der Waals surface area (Å²) in [6.45, 7) is 4.79. The number of benzene rings is 2. The zero-order valence-electron chi connectivity index (χ0n) is 15.6. The standard InChI is InChI=1S/C23H22F2N2/c1-3-16-13-18(20(25)14-19(16)24)23-15(2)7-6-8-17(23)21-10-12-27-11-5-4-9-22(27)26-21/h6-10,12-14H,3-5,11H2,1-2H3. The van der Waals surface area contributed by atoms with Crippen LogP contribution in [0.4, 0.5) is 8.78 Å². The van der Waals surface area contributed by atoms with Gasteiger partial charge in [0.1, 0.15) is 17.5 Å². The lowest BCUT2D eigenvalue weighted by Gasteiger charge is -2.28. The molecule has 2 aromatic carbocycles. The van der Waals surface area contributed by atoms with Gasteiger partial charge in [0, 0.05) is 29.9 Å². The zero-order valence-corrected chi connectivity index (χ0v) is 15.6. The summed E-state index contributed by atoms with van der Waals surface area (Å²) >= 11 is 0. The van der Waals surface area contributed by atoms with E-state index in [9.17, 15) is 8.78 Å². The van der Waals surface area contributed by atoms with Crippen molar-refractivity contribution in [3.63, 3.8) is 0 Å². The lowest BCUT2D eigenvalue weighted by Crippen LogP contribution is -2.24. The first-order chi connectivity index (χ1) is 13.1. The van der Waals surface area contributed by atoms with E-state index in [1.54, 1.807) is 6.07 Å². The maximum absolute atomic E-state index is 14.7. The lowest BCUT2D eigenvalue weighted by molar-refractivity contribution is 0.422. The van der Waals surface area contributed by atoms with Gasteiger partial charge in [-0.25, -0.2) is 13.8 Å². The second kappa shape index (κ2) is 7.10. The van der Waals surface area contributed by atoms with Crippen LogP contribution in [-0.4, -0.2) is 17.2 Å². The molecule has 0 saturated heterocycles. The maximum Gasteiger partial charge on any atom is 0.133 e. The molecule has 2 nitrogen and oxygen atoms in total. The number of halogens is 2. The molecule has 0 unspecified atom stereocenters. The molecule has 0 N–H and O–H groups in total. The Hall–Kier alpha value is -2.75. The second-order valence-corrected chi connectivity index (χ2v) is 6.99. The number of aliphatic imine (C=N–C) groups is 1. The van der Waals surface area contributed by atoms with Gasteiger partial charge >= 0.3 is 0 Å². The number of rotatable bonds is 3. The van der Waals surface area contributed by atoms with Gasteiger partial charge in [0.2, 0.25) is 0 Å². The largest absolute Gasteiger partial charge is 0.333 e. The highest BCUT2D eigenvalue weighted by Gasteiger charge is 2.21. The van der Waals surface area contributed by atoms with Gasteiger partial charge in [0.05, 0.1) is 5.71 Å². The number of aryl methyl sites for hydroxylation is 2. The zero-order chi connectivity index (χ0) is 19.0. The van der Waals surface area contributed by atoms with Crippen LogP contribution in [0.3, 0.4) is 0 Å². The summed E-state index contributed by atoms with van der Waals surface area (Å²) in [5, 5.41) is 0. The van der Waals surface area contributed by atoms with Gasteiger partial charge in [0.25, 0.3) is 0 Å². The predicted molar refractivity (Wildman–Crippen MR) is 106 cm³/mol. The molecule has 0 fully saturated rings. The topological polar surface area (TPSA) is 15.6 Å². The summed E-state index contributed by atoms with van der Waals surface area (Å²) < 4.78 is 28.7. The van der Waals surface area contributed by atoms with Crippen molar-refractivity contribution < 1.29 is 8.78 Å². The maximum atomic E-state index is 14.7. The van der Waals surface area contributed by atoms with Crippen LogP contribution in [0.5, 0.6) is 0 Å². The number of hydrogen-bond donors (Lipinski definition) is 0. The summed E-state index contributed by atoms with van der Waals surface area (Å²) in [5.41, 5.74) is 4.33. The molecule has 2 aromatic rings. The van der Waals surface area contributed by atoms with Crippen molar-refractivity contribution in [2.75, 3.05) is 6.54 Å². The summed E-state index contributed by atoms with van der Waals surface area (Å²) in [7, 11) is 0. The third-order valence-corrected chi connectivity index (χ3v) is 5.21. The Labute approximate surface area is 158 Å². The Bertz CT molecular complexity index is 986. The highest BCUT2D eigenvalue weighted by molar-refractivity contribution is 6.14. The molecule has 0 bridgehead atoms. The lowest BCUT2D eigenvalue weighted by atomic mass is 9.90. The van der Waals surface area contributed by atoms with Crippen molar-refractivity contribution >= 4 is 5.71 Å². The molecule has 4 rings (SSSR count). The van der Waals surface area contributed by atoms with Crippen molar-refractivity contribution in [3.8, 4) is 11.1 Å². The number of fused-ring (bicyclic) bond motifs is 1. The van der Waals surface area contributed by atoms with Crippen LogP contribution in [0.2, 0.25) is 0 Å². The number of hydrogen-bond acceptors (Lipinski definition) is 2. The van der Waals surface area contributed by atoms with Crippen molar-refractivity contribution in [3.05, 3.63) is 82.8 Å². The minimum Gasteiger partial charge on any atom is -0.333 e. The van der Waals surface area contributed by atoms with Gasteiger partial charge in [-0.15, -0.1) is 0 Å². The van der Waals surface area contributed by atoms with Crippen LogP contribution < -0.4 is 0 Å². The van der Waals surface area contributed by atoms with Gasteiger partial charge in [-0.3, -0.25) is 0 Å². The Balaban J connectivity index is 1.89. The molecule has 0 spiro atoms. The number of allylic oxidation sites excluding steroid dienone is 2. The molecule has 2 heterocycles. The van der Waals surface area contributed by atoms with Gasteiger partial charge in [-0.1, -0.05) is 25.1 Å². The smallest absolute Gasteiger partial charge is 0.133 e. The van der Waals surface area contributed by atoms with E-state index in [2.05, 4.69) is 11.0 Å². The molecule has 0 saturated carbocycles.